The van der Waals surface area contributed by atoms with Crippen LogP contribution in [0.1, 0.15) is 25.3 Å². The smallest absolute Gasteiger partial charge is 0.193 e. The highest BCUT2D eigenvalue weighted by Crippen LogP contribution is 2.22. The molecule has 1 heterocycles. The van der Waals surface area contributed by atoms with E-state index in [2.05, 4.69) is 34.3 Å². The number of ether oxygens (including phenoxy) is 2. The highest BCUT2D eigenvalue weighted by molar-refractivity contribution is 5.80. The summed E-state index contributed by atoms with van der Waals surface area (Å²) in [5, 5.41) is 3.47. The molecule has 0 aliphatic carbocycles. The maximum Gasteiger partial charge on any atom is 0.193 e. The molecule has 5 nitrogen and oxygen atoms in total. The van der Waals surface area contributed by atoms with Gasteiger partial charge in [-0.2, -0.15) is 0 Å². The Kier molecular flexibility index (Phi) is 7.11. The fourth-order valence-electron chi connectivity index (χ4n) is 3.33. The summed E-state index contributed by atoms with van der Waals surface area (Å²) < 4.78 is 11.7. The van der Waals surface area contributed by atoms with Crippen molar-refractivity contribution in [2.24, 2.45) is 4.99 Å². The van der Waals surface area contributed by atoms with Crippen LogP contribution in [0.4, 0.5) is 0 Å². The van der Waals surface area contributed by atoms with Gasteiger partial charge in [0.2, 0.25) is 0 Å². The summed E-state index contributed by atoms with van der Waals surface area (Å²) in [6, 6.07) is 18.0. The third kappa shape index (κ3) is 5.73. The molecule has 0 bridgehead atoms. The summed E-state index contributed by atoms with van der Waals surface area (Å²) in [6.45, 7) is 5.51. The molecule has 0 aromatic heterocycles. The van der Waals surface area contributed by atoms with E-state index in [4.69, 9.17) is 9.47 Å². The number of rotatable bonds is 6. The average Bonchev–Trinajstić information content (AvgIpc) is 2.71. The molecular formula is C22H29N3O2. The van der Waals surface area contributed by atoms with Gasteiger partial charge in [-0.05, 0) is 49.6 Å². The van der Waals surface area contributed by atoms with Gasteiger partial charge in [-0.15, -0.1) is 0 Å². The minimum absolute atomic E-state index is 0.385. The largest absolute Gasteiger partial charge is 0.457 e. The zero-order valence-electron chi connectivity index (χ0n) is 16.2. The van der Waals surface area contributed by atoms with Crippen LogP contribution in [-0.4, -0.2) is 43.7 Å². The molecule has 0 radical (unpaired) electrons. The van der Waals surface area contributed by atoms with Crippen molar-refractivity contribution in [2.75, 3.05) is 26.7 Å². The number of para-hydroxylation sites is 1. The van der Waals surface area contributed by atoms with Crippen LogP contribution in [0.5, 0.6) is 11.5 Å². The van der Waals surface area contributed by atoms with Gasteiger partial charge in [0.15, 0.2) is 5.96 Å². The van der Waals surface area contributed by atoms with Crippen molar-refractivity contribution < 1.29 is 9.47 Å². The van der Waals surface area contributed by atoms with E-state index in [0.717, 1.165) is 55.6 Å². The molecule has 1 fully saturated rings. The first kappa shape index (κ1) is 19.2. The zero-order chi connectivity index (χ0) is 18.9. The Labute approximate surface area is 162 Å². The number of piperidine rings is 1. The van der Waals surface area contributed by atoms with Crippen molar-refractivity contribution in [1.82, 2.24) is 10.2 Å². The molecule has 144 valence electrons. The lowest BCUT2D eigenvalue weighted by molar-refractivity contribution is 0.0263. The summed E-state index contributed by atoms with van der Waals surface area (Å²) in [7, 11) is 1.84. The molecule has 2 aromatic carbocycles. The Morgan fingerprint density at radius 3 is 2.52 bits per heavy atom. The molecule has 0 unspecified atom stereocenters. The quantitative estimate of drug-likeness (QED) is 0.618. The van der Waals surface area contributed by atoms with Gasteiger partial charge < -0.3 is 19.7 Å². The molecule has 0 atom stereocenters. The van der Waals surface area contributed by atoms with Gasteiger partial charge in [-0.1, -0.05) is 30.3 Å². The molecule has 1 aliphatic rings. The predicted octanol–water partition coefficient (Wildman–Crippen LogP) is 4.06. The first-order valence-corrected chi connectivity index (χ1v) is 9.67. The van der Waals surface area contributed by atoms with Gasteiger partial charge in [0.1, 0.15) is 11.5 Å². The van der Waals surface area contributed by atoms with E-state index in [1.165, 1.54) is 0 Å². The highest BCUT2D eigenvalue weighted by Gasteiger charge is 2.21. The van der Waals surface area contributed by atoms with Crippen LogP contribution in [0.2, 0.25) is 0 Å². The van der Waals surface area contributed by atoms with Crippen LogP contribution >= 0.6 is 0 Å². The van der Waals surface area contributed by atoms with E-state index in [-0.39, 0.29) is 0 Å². The maximum absolute atomic E-state index is 5.92. The van der Waals surface area contributed by atoms with Gasteiger partial charge >= 0.3 is 0 Å². The fraction of sp³-hybridized carbons (Fsp3) is 0.409. The first-order valence-electron chi connectivity index (χ1n) is 9.67. The maximum atomic E-state index is 5.92. The minimum Gasteiger partial charge on any atom is -0.457 e. The molecule has 3 rings (SSSR count). The molecule has 1 aliphatic heterocycles. The molecule has 27 heavy (non-hydrogen) atoms. The van der Waals surface area contributed by atoms with Crippen molar-refractivity contribution >= 4 is 5.96 Å². The molecule has 5 heteroatoms. The zero-order valence-corrected chi connectivity index (χ0v) is 16.2. The van der Waals surface area contributed by atoms with Crippen LogP contribution in [0, 0.1) is 0 Å². The molecule has 2 aromatic rings. The summed E-state index contributed by atoms with van der Waals surface area (Å²) in [5.41, 5.74) is 1.16. The standard InChI is InChI=1S/C22H29N3O2/c1-3-26-19-12-14-25(15-13-19)22(23-2)24-17-18-8-7-11-21(16-18)27-20-9-5-4-6-10-20/h4-11,16,19H,3,12-15,17H2,1-2H3,(H,23,24). The average molecular weight is 367 g/mol. The van der Waals surface area contributed by atoms with Crippen molar-refractivity contribution in [3.8, 4) is 11.5 Å². The number of hydrogen-bond donors (Lipinski definition) is 1. The highest BCUT2D eigenvalue weighted by atomic mass is 16.5. The molecular weight excluding hydrogens is 338 g/mol. The summed E-state index contributed by atoms with van der Waals surface area (Å²) in [5.74, 6) is 2.63. The van der Waals surface area contributed by atoms with Crippen molar-refractivity contribution in [2.45, 2.75) is 32.4 Å². The van der Waals surface area contributed by atoms with Crippen LogP contribution < -0.4 is 10.1 Å². The van der Waals surface area contributed by atoms with E-state index in [1.807, 2.05) is 49.5 Å². The van der Waals surface area contributed by atoms with Crippen molar-refractivity contribution in [3.63, 3.8) is 0 Å². The van der Waals surface area contributed by atoms with Crippen LogP contribution in [0.15, 0.2) is 59.6 Å². The molecule has 0 amide bonds. The molecule has 1 saturated heterocycles. The number of aliphatic imine (C=N–C) groups is 1. The van der Waals surface area contributed by atoms with Gasteiger partial charge in [0.25, 0.3) is 0 Å². The first-order chi connectivity index (χ1) is 13.3. The van der Waals surface area contributed by atoms with E-state index in [9.17, 15) is 0 Å². The Bertz CT molecular complexity index is 725. The molecule has 1 N–H and O–H groups in total. The van der Waals surface area contributed by atoms with Crippen LogP contribution in [0.3, 0.4) is 0 Å². The summed E-state index contributed by atoms with van der Waals surface area (Å²) >= 11 is 0. The summed E-state index contributed by atoms with van der Waals surface area (Å²) in [4.78, 5) is 6.75. The van der Waals surface area contributed by atoms with Gasteiger partial charge in [0.05, 0.1) is 6.10 Å². The Balaban J connectivity index is 1.53. The second kappa shape index (κ2) is 9.97. The Morgan fingerprint density at radius 1 is 1.07 bits per heavy atom. The summed E-state index contributed by atoms with van der Waals surface area (Å²) in [6.07, 6.45) is 2.49. The minimum atomic E-state index is 0.385. The van der Waals surface area contributed by atoms with Crippen LogP contribution in [-0.2, 0) is 11.3 Å². The predicted molar refractivity (Wildman–Crippen MR) is 109 cm³/mol. The third-order valence-electron chi connectivity index (χ3n) is 4.68. The number of nitrogens with zero attached hydrogens (tertiary/aromatic N) is 2. The van der Waals surface area contributed by atoms with Crippen LogP contribution in [0.25, 0.3) is 0 Å². The molecule has 0 spiro atoms. The normalized spacial score (nSPS) is 15.6. The lowest BCUT2D eigenvalue weighted by atomic mass is 10.1. The topological polar surface area (TPSA) is 46.1 Å². The SMILES string of the molecule is CCOC1CCN(C(=NC)NCc2cccc(Oc3ccccc3)c2)CC1. The van der Waals surface area contributed by atoms with Gasteiger partial charge in [-0.25, -0.2) is 0 Å². The lowest BCUT2D eigenvalue weighted by Crippen LogP contribution is -2.46. The number of guanidine groups is 1. The van der Waals surface area contributed by atoms with Crippen molar-refractivity contribution in [3.05, 3.63) is 60.2 Å². The number of hydrogen-bond acceptors (Lipinski definition) is 3. The van der Waals surface area contributed by atoms with E-state index >= 15 is 0 Å². The number of nitrogens with one attached hydrogen (secondary N) is 1. The van der Waals surface area contributed by atoms with E-state index in [1.54, 1.807) is 0 Å². The Hall–Kier alpha value is -2.53. The monoisotopic (exact) mass is 367 g/mol. The van der Waals surface area contributed by atoms with E-state index < -0.39 is 0 Å². The lowest BCUT2D eigenvalue weighted by Gasteiger charge is -2.34. The fourth-order valence-corrected chi connectivity index (χ4v) is 3.33. The number of benzene rings is 2. The van der Waals surface area contributed by atoms with E-state index in [0.29, 0.717) is 12.6 Å². The number of likely N-dealkylation sites (tertiary alicyclic amines) is 1. The van der Waals surface area contributed by atoms with Gasteiger partial charge in [0, 0.05) is 33.3 Å². The van der Waals surface area contributed by atoms with Crippen molar-refractivity contribution in [1.29, 1.82) is 0 Å². The Morgan fingerprint density at radius 2 is 1.81 bits per heavy atom. The molecule has 0 saturated carbocycles. The van der Waals surface area contributed by atoms with Gasteiger partial charge in [-0.3, -0.25) is 4.99 Å². The second-order valence-electron chi connectivity index (χ2n) is 6.61. The third-order valence-corrected chi connectivity index (χ3v) is 4.68. The second-order valence-corrected chi connectivity index (χ2v) is 6.61.